The molecule has 2 heterocycles. The van der Waals surface area contributed by atoms with Crippen LogP contribution in [0.25, 0.3) is 11.8 Å². The van der Waals surface area contributed by atoms with Gasteiger partial charge >= 0.3 is 5.97 Å². The van der Waals surface area contributed by atoms with Crippen LogP contribution in [-0.4, -0.2) is 27.8 Å². The second kappa shape index (κ2) is 8.74. The van der Waals surface area contributed by atoms with Crippen LogP contribution < -0.4 is 9.47 Å². The van der Waals surface area contributed by atoms with Crippen molar-refractivity contribution < 1.29 is 19.0 Å². The monoisotopic (exact) mass is 453 g/mol. The molecule has 1 aliphatic heterocycles. The molecule has 0 bridgehead atoms. The first-order valence-corrected chi connectivity index (χ1v) is 9.55. The number of halogens is 1. The van der Waals surface area contributed by atoms with E-state index in [4.69, 9.17) is 14.2 Å². The number of allylic oxidation sites excluding steroid dienone is 2. The normalized spacial score (nSPS) is 12.7. The molecule has 0 atom stereocenters. The van der Waals surface area contributed by atoms with Gasteiger partial charge in [-0.25, -0.2) is 9.48 Å². The van der Waals surface area contributed by atoms with Crippen LogP contribution in [0.1, 0.15) is 11.3 Å². The Hall–Kier alpha value is -3.39. The Bertz CT molecular complexity index is 1070. The molecular formula is C21H16BrN3O4. The van der Waals surface area contributed by atoms with Crippen LogP contribution in [0, 0.1) is 0 Å². The van der Waals surface area contributed by atoms with E-state index in [9.17, 15) is 4.79 Å². The van der Waals surface area contributed by atoms with Crippen molar-refractivity contribution in [2.75, 3.05) is 6.79 Å². The van der Waals surface area contributed by atoms with Gasteiger partial charge in [-0.15, -0.1) is 5.10 Å². The molecule has 0 saturated heterocycles. The highest BCUT2D eigenvalue weighted by atomic mass is 79.9. The third-order valence-electron chi connectivity index (χ3n) is 4.02. The van der Waals surface area contributed by atoms with E-state index in [-0.39, 0.29) is 13.4 Å². The van der Waals surface area contributed by atoms with Crippen molar-refractivity contribution >= 4 is 28.0 Å². The lowest BCUT2D eigenvalue weighted by Crippen LogP contribution is -2.00. The number of nitrogens with zero attached hydrogens (tertiary/aromatic N) is 3. The molecule has 0 N–H and O–H groups in total. The first-order chi connectivity index (χ1) is 14.2. The van der Waals surface area contributed by atoms with Gasteiger partial charge in [-0.05, 0) is 42.0 Å². The van der Waals surface area contributed by atoms with Gasteiger partial charge in [-0.3, -0.25) is 0 Å². The molecule has 0 fully saturated rings. The van der Waals surface area contributed by atoms with Crippen molar-refractivity contribution in [3.8, 4) is 17.2 Å². The van der Waals surface area contributed by atoms with Gasteiger partial charge in [0.1, 0.15) is 12.3 Å². The average Bonchev–Trinajstić information content (AvgIpc) is 3.39. The number of benzene rings is 2. The summed E-state index contributed by atoms with van der Waals surface area (Å²) in [6, 6.07) is 13.3. The molecule has 8 heteroatoms. The van der Waals surface area contributed by atoms with Crippen LogP contribution in [0.3, 0.4) is 0 Å². The SMILES string of the molecule is O=C(/C=C/C=C/c1ccc2c(c1)OCO2)OCc1cn(-c2ccc(Br)cc2)nn1. The molecule has 29 heavy (non-hydrogen) atoms. The third-order valence-corrected chi connectivity index (χ3v) is 4.55. The van der Waals surface area contributed by atoms with Crippen molar-refractivity contribution in [1.29, 1.82) is 0 Å². The molecule has 146 valence electrons. The Morgan fingerprint density at radius 2 is 1.97 bits per heavy atom. The molecule has 7 nitrogen and oxygen atoms in total. The van der Waals surface area contributed by atoms with Crippen molar-refractivity contribution in [3.63, 3.8) is 0 Å². The summed E-state index contributed by atoms with van der Waals surface area (Å²) in [5.41, 5.74) is 2.37. The number of carbonyl (C=O) groups excluding carboxylic acids is 1. The molecule has 0 saturated carbocycles. The lowest BCUT2D eigenvalue weighted by Gasteiger charge is -1.99. The van der Waals surface area contributed by atoms with E-state index in [0.717, 1.165) is 21.5 Å². The quantitative estimate of drug-likeness (QED) is 0.318. The van der Waals surface area contributed by atoms with Crippen molar-refractivity contribution in [1.82, 2.24) is 15.0 Å². The lowest BCUT2D eigenvalue weighted by atomic mass is 10.2. The van der Waals surface area contributed by atoms with Crippen LogP contribution in [0.4, 0.5) is 0 Å². The zero-order valence-corrected chi connectivity index (χ0v) is 16.8. The van der Waals surface area contributed by atoms with E-state index in [1.807, 2.05) is 48.5 Å². The number of hydrogen-bond acceptors (Lipinski definition) is 6. The van der Waals surface area contributed by atoms with E-state index in [2.05, 4.69) is 26.2 Å². The Balaban J connectivity index is 1.27. The Morgan fingerprint density at radius 3 is 2.83 bits per heavy atom. The molecule has 1 aliphatic rings. The van der Waals surface area contributed by atoms with Crippen LogP contribution in [0.15, 0.2) is 71.4 Å². The van der Waals surface area contributed by atoms with E-state index >= 15 is 0 Å². The summed E-state index contributed by atoms with van der Waals surface area (Å²) in [7, 11) is 0. The highest BCUT2D eigenvalue weighted by Gasteiger charge is 2.12. The van der Waals surface area contributed by atoms with Crippen LogP contribution >= 0.6 is 15.9 Å². The third kappa shape index (κ3) is 4.91. The molecule has 0 amide bonds. The highest BCUT2D eigenvalue weighted by Crippen LogP contribution is 2.32. The predicted octanol–water partition coefficient (Wildman–Crippen LogP) is 4.07. The standard InChI is InChI=1S/C21H16BrN3O4/c22-16-6-8-18(9-7-16)25-12-17(23-24-25)13-27-21(26)4-2-1-3-15-5-10-19-20(11-15)29-14-28-19/h1-12H,13-14H2/b3-1+,4-2+. The van der Waals surface area contributed by atoms with Gasteiger partial charge in [-0.2, -0.15) is 0 Å². The lowest BCUT2D eigenvalue weighted by molar-refractivity contribution is -0.139. The average molecular weight is 454 g/mol. The second-order valence-corrected chi connectivity index (χ2v) is 6.99. The maximum atomic E-state index is 11.9. The first kappa shape index (κ1) is 18.9. The van der Waals surface area contributed by atoms with Gasteiger partial charge in [0.2, 0.25) is 6.79 Å². The maximum Gasteiger partial charge on any atom is 0.331 e. The van der Waals surface area contributed by atoms with Crippen molar-refractivity contribution in [3.05, 3.63) is 82.6 Å². The largest absolute Gasteiger partial charge is 0.456 e. The fraction of sp³-hybridized carbons (Fsp3) is 0.0952. The Morgan fingerprint density at radius 1 is 1.14 bits per heavy atom. The van der Waals surface area contributed by atoms with Gasteiger partial charge in [0.15, 0.2) is 11.5 Å². The van der Waals surface area contributed by atoms with E-state index in [1.165, 1.54) is 6.08 Å². The van der Waals surface area contributed by atoms with Crippen molar-refractivity contribution in [2.45, 2.75) is 6.61 Å². The molecule has 3 aromatic rings. The van der Waals surface area contributed by atoms with Gasteiger partial charge in [-0.1, -0.05) is 45.4 Å². The van der Waals surface area contributed by atoms with Gasteiger partial charge in [0, 0.05) is 10.5 Å². The summed E-state index contributed by atoms with van der Waals surface area (Å²) in [6.07, 6.45) is 8.30. The molecule has 0 radical (unpaired) electrons. The number of hydrogen-bond donors (Lipinski definition) is 0. The first-order valence-electron chi connectivity index (χ1n) is 8.76. The molecular weight excluding hydrogens is 438 g/mol. The summed E-state index contributed by atoms with van der Waals surface area (Å²) in [5.74, 6) is 0.989. The summed E-state index contributed by atoms with van der Waals surface area (Å²) in [4.78, 5) is 11.9. The number of fused-ring (bicyclic) bond motifs is 1. The second-order valence-electron chi connectivity index (χ2n) is 6.07. The molecule has 0 aliphatic carbocycles. The molecule has 0 spiro atoms. The minimum atomic E-state index is -0.460. The zero-order chi connectivity index (χ0) is 20.1. The minimum absolute atomic E-state index is 0.0472. The Labute approximate surface area is 175 Å². The highest BCUT2D eigenvalue weighted by molar-refractivity contribution is 9.10. The van der Waals surface area contributed by atoms with Crippen LogP contribution in [0.5, 0.6) is 11.5 Å². The van der Waals surface area contributed by atoms with Gasteiger partial charge < -0.3 is 14.2 Å². The molecule has 4 rings (SSSR count). The van der Waals surface area contributed by atoms with Crippen molar-refractivity contribution in [2.24, 2.45) is 0 Å². The molecule has 2 aromatic carbocycles. The van der Waals surface area contributed by atoms with E-state index in [0.29, 0.717) is 11.4 Å². The van der Waals surface area contributed by atoms with Gasteiger partial charge in [0.05, 0.1) is 11.9 Å². The van der Waals surface area contributed by atoms with E-state index in [1.54, 1.807) is 23.0 Å². The van der Waals surface area contributed by atoms with Gasteiger partial charge in [0.25, 0.3) is 0 Å². The van der Waals surface area contributed by atoms with Crippen LogP contribution in [0.2, 0.25) is 0 Å². The number of carbonyl (C=O) groups is 1. The minimum Gasteiger partial charge on any atom is -0.456 e. The summed E-state index contributed by atoms with van der Waals surface area (Å²) in [5, 5.41) is 8.05. The smallest absolute Gasteiger partial charge is 0.331 e. The zero-order valence-electron chi connectivity index (χ0n) is 15.2. The number of aromatic nitrogens is 3. The number of esters is 1. The van der Waals surface area contributed by atoms with Crippen LogP contribution in [-0.2, 0) is 16.1 Å². The number of ether oxygens (including phenoxy) is 3. The summed E-state index contributed by atoms with van der Waals surface area (Å²) < 4.78 is 18.4. The summed E-state index contributed by atoms with van der Waals surface area (Å²) in [6.45, 7) is 0.288. The number of rotatable bonds is 6. The fourth-order valence-corrected chi connectivity index (χ4v) is 2.86. The summed E-state index contributed by atoms with van der Waals surface area (Å²) >= 11 is 3.39. The van der Waals surface area contributed by atoms with E-state index < -0.39 is 5.97 Å². The maximum absolute atomic E-state index is 11.9. The topological polar surface area (TPSA) is 75.5 Å². The predicted molar refractivity (Wildman–Crippen MR) is 110 cm³/mol. The molecule has 0 unspecified atom stereocenters. The fourth-order valence-electron chi connectivity index (χ4n) is 2.60. The Kier molecular flexibility index (Phi) is 5.71. The molecule has 1 aromatic heterocycles.